The summed E-state index contributed by atoms with van der Waals surface area (Å²) >= 11 is 0. The SMILES string of the molecule is Cc1cc(C)c(-c2cccc(-c3ccccc3)c2-c2[c-]c(-c3cccc4c3nc(-c3ccc5c(n3)-c3c(O)cccc3CC5)n4-c3c(C)cccc3C)cc3c2oc2ccccc23)c(C)c1.[Pt]. The van der Waals surface area contributed by atoms with E-state index >= 15 is 0 Å². The summed E-state index contributed by atoms with van der Waals surface area (Å²) in [5.41, 5.74) is 23.4. The number of nitrogens with zero attached hydrogens (tertiary/aromatic N) is 3. The number of aromatic hydroxyl groups is 1. The fourth-order valence-electron chi connectivity index (χ4n) is 10.8. The van der Waals surface area contributed by atoms with E-state index in [-0.39, 0.29) is 26.8 Å². The van der Waals surface area contributed by atoms with E-state index in [9.17, 15) is 5.11 Å². The molecule has 6 heteroatoms. The number of hydrogen-bond acceptors (Lipinski definition) is 4. The minimum atomic E-state index is 0. The van der Waals surface area contributed by atoms with Gasteiger partial charge in [-0.05, 0) is 133 Å². The number of imidazole rings is 1. The predicted molar refractivity (Wildman–Crippen MR) is 270 cm³/mol. The van der Waals surface area contributed by atoms with E-state index in [1.807, 2.05) is 12.1 Å². The van der Waals surface area contributed by atoms with Gasteiger partial charge in [0.15, 0.2) is 5.82 Å². The average molecular weight is 1050 g/mol. The van der Waals surface area contributed by atoms with E-state index in [4.69, 9.17) is 14.4 Å². The van der Waals surface area contributed by atoms with Crippen molar-refractivity contribution in [3.05, 3.63) is 203 Å². The molecule has 0 unspecified atom stereocenters. The van der Waals surface area contributed by atoms with Crippen LogP contribution in [-0.2, 0) is 33.9 Å². The summed E-state index contributed by atoms with van der Waals surface area (Å²) in [5, 5.41) is 13.3. The van der Waals surface area contributed by atoms with Crippen LogP contribution in [0, 0.1) is 40.7 Å². The monoisotopic (exact) mass is 1050 g/mol. The van der Waals surface area contributed by atoms with Crippen LogP contribution in [0.3, 0.4) is 0 Å². The first-order valence-electron chi connectivity index (χ1n) is 22.8. The first-order chi connectivity index (χ1) is 32.2. The quantitative estimate of drug-likeness (QED) is 0.169. The van der Waals surface area contributed by atoms with Crippen LogP contribution in [0.4, 0.5) is 0 Å². The molecule has 12 rings (SSSR count). The molecular weight excluding hydrogens is 1000 g/mol. The zero-order valence-electron chi connectivity index (χ0n) is 37.9. The first kappa shape index (κ1) is 42.3. The van der Waals surface area contributed by atoms with Gasteiger partial charge in [0.1, 0.15) is 17.0 Å². The summed E-state index contributed by atoms with van der Waals surface area (Å²) < 4.78 is 9.23. The Kier molecular flexibility index (Phi) is 10.4. The van der Waals surface area contributed by atoms with Crippen molar-refractivity contribution in [1.29, 1.82) is 0 Å². The van der Waals surface area contributed by atoms with E-state index in [0.29, 0.717) is 0 Å². The third-order valence-electron chi connectivity index (χ3n) is 13.6. The second-order valence-electron chi connectivity index (χ2n) is 18.0. The minimum absolute atomic E-state index is 0. The van der Waals surface area contributed by atoms with Gasteiger partial charge in [0.2, 0.25) is 0 Å². The molecule has 0 aliphatic heterocycles. The van der Waals surface area contributed by atoms with Crippen LogP contribution in [-0.4, -0.2) is 19.6 Å². The number of rotatable bonds is 6. The molecule has 1 N–H and O–H groups in total. The van der Waals surface area contributed by atoms with Gasteiger partial charge in [-0.2, -0.15) is 0 Å². The summed E-state index contributed by atoms with van der Waals surface area (Å²) in [6, 6.07) is 59.4. The smallest absolute Gasteiger partial charge is 0.163 e. The number of furan rings is 1. The molecule has 0 saturated heterocycles. The van der Waals surface area contributed by atoms with Gasteiger partial charge in [0, 0.05) is 32.0 Å². The number of hydrogen-bond donors (Lipinski definition) is 1. The molecular formula is C61H46N3O2Pt-. The largest absolute Gasteiger partial charge is 0.507 e. The second kappa shape index (κ2) is 16.5. The molecule has 0 atom stereocenters. The molecule has 11 aromatic rings. The van der Waals surface area contributed by atoms with Crippen molar-refractivity contribution < 1.29 is 30.6 Å². The molecule has 0 amide bonds. The molecule has 0 fully saturated rings. The number of phenols is 1. The van der Waals surface area contributed by atoms with Gasteiger partial charge in [-0.1, -0.05) is 150 Å². The van der Waals surface area contributed by atoms with Crippen LogP contribution in [0.1, 0.15) is 38.9 Å². The summed E-state index contributed by atoms with van der Waals surface area (Å²) in [6.45, 7) is 10.9. The summed E-state index contributed by atoms with van der Waals surface area (Å²) in [6.07, 6.45) is 1.72. The fourth-order valence-corrected chi connectivity index (χ4v) is 10.8. The standard InChI is InChI=1S/C61H46N3O2.Pt/c1-35-31-38(4)54(39(5)32-35)47-23-13-21-44(40-17-7-6-8-18-40)56(47)49-34-43(33-48-46-20-9-10-26-53(46)66-60(48)49)45-22-14-24-51-58(45)63-61(64(51)59-36(2)15-11-16-37(59)3)50-30-29-42-28-27-41-19-12-25-52(65)55(41)57(42)62-50;/h6-26,29-33,65H,27-28H2,1-5H3;/q-1;. The van der Waals surface area contributed by atoms with Crippen LogP contribution >= 0.6 is 0 Å². The Hall–Kier alpha value is -7.33. The van der Waals surface area contributed by atoms with Gasteiger partial charge in [0.05, 0.1) is 28.0 Å². The minimum Gasteiger partial charge on any atom is -0.507 e. The molecule has 0 bridgehead atoms. The Bertz CT molecular complexity index is 3740. The number of benzene rings is 8. The summed E-state index contributed by atoms with van der Waals surface area (Å²) in [4.78, 5) is 11.0. The Labute approximate surface area is 404 Å². The Morgan fingerprint density at radius 2 is 1.25 bits per heavy atom. The van der Waals surface area contributed by atoms with Crippen molar-refractivity contribution in [2.75, 3.05) is 0 Å². The van der Waals surface area contributed by atoms with Gasteiger partial charge in [-0.25, -0.2) is 9.97 Å². The van der Waals surface area contributed by atoms with Crippen molar-refractivity contribution in [2.45, 2.75) is 47.5 Å². The predicted octanol–water partition coefficient (Wildman–Crippen LogP) is 15.5. The van der Waals surface area contributed by atoms with Gasteiger partial charge in [0.25, 0.3) is 0 Å². The number of fused-ring (bicyclic) bond motifs is 7. The second-order valence-corrected chi connectivity index (χ2v) is 18.0. The maximum Gasteiger partial charge on any atom is 0.163 e. The third-order valence-corrected chi connectivity index (χ3v) is 13.6. The van der Waals surface area contributed by atoms with Crippen LogP contribution in [0.25, 0.3) is 106 Å². The first-order valence-corrected chi connectivity index (χ1v) is 22.8. The average Bonchev–Trinajstić information content (AvgIpc) is 3.90. The molecule has 0 saturated carbocycles. The van der Waals surface area contributed by atoms with Gasteiger partial charge in [-0.15, -0.1) is 17.7 Å². The number of pyridine rings is 1. The fraction of sp³-hybridized carbons (Fsp3) is 0.115. The molecule has 67 heavy (non-hydrogen) atoms. The molecule has 3 aromatic heterocycles. The zero-order valence-corrected chi connectivity index (χ0v) is 40.2. The Morgan fingerprint density at radius 1 is 0.567 bits per heavy atom. The normalized spacial score (nSPS) is 12.1. The molecule has 8 aromatic carbocycles. The summed E-state index contributed by atoms with van der Waals surface area (Å²) in [7, 11) is 0. The third kappa shape index (κ3) is 6.86. The molecule has 0 radical (unpaired) electrons. The Balaban J connectivity index is 0.00000494. The van der Waals surface area contributed by atoms with E-state index in [0.717, 1.165) is 135 Å². The number of aryl methyl sites for hydroxylation is 7. The van der Waals surface area contributed by atoms with Crippen LogP contribution in [0.2, 0.25) is 0 Å². The molecule has 5 nitrogen and oxygen atoms in total. The van der Waals surface area contributed by atoms with Gasteiger partial charge < -0.3 is 9.52 Å². The summed E-state index contributed by atoms with van der Waals surface area (Å²) in [5.74, 6) is 0.985. The molecule has 3 heterocycles. The van der Waals surface area contributed by atoms with Crippen molar-refractivity contribution in [3.63, 3.8) is 0 Å². The van der Waals surface area contributed by atoms with Gasteiger partial charge in [-0.3, -0.25) is 4.57 Å². The van der Waals surface area contributed by atoms with E-state index in [1.54, 1.807) is 6.07 Å². The van der Waals surface area contributed by atoms with Crippen molar-refractivity contribution in [1.82, 2.24) is 14.5 Å². The molecule has 328 valence electrons. The topological polar surface area (TPSA) is 64.1 Å². The Morgan fingerprint density at radius 3 is 2.06 bits per heavy atom. The maximum absolute atomic E-state index is 11.2. The van der Waals surface area contributed by atoms with Crippen molar-refractivity contribution in [3.8, 4) is 78.7 Å². The molecule has 1 aliphatic rings. The van der Waals surface area contributed by atoms with E-state index < -0.39 is 0 Å². The molecule has 1 aliphatic carbocycles. The number of phenolic OH excluding ortho intramolecular Hbond substituents is 1. The van der Waals surface area contributed by atoms with E-state index in [1.165, 1.54) is 22.3 Å². The zero-order chi connectivity index (χ0) is 44.8. The van der Waals surface area contributed by atoms with Crippen LogP contribution < -0.4 is 0 Å². The van der Waals surface area contributed by atoms with E-state index in [2.05, 4.69) is 185 Å². The van der Waals surface area contributed by atoms with Gasteiger partial charge >= 0.3 is 0 Å². The van der Waals surface area contributed by atoms with Crippen LogP contribution in [0.15, 0.2) is 162 Å². The van der Waals surface area contributed by atoms with Crippen molar-refractivity contribution >= 4 is 33.0 Å². The maximum atomic E-state index is 11.2. The molecule has 0 spiro atoms. The number of aromatic nitrogens is 3. The number of para-hydroxylation sites is 3. The van der Waals surface area contributed by atoms with Crippen LogP contribution in [0.5, 0.6) is 5.75 Å². The van der Waals surface area contributed by atoms with Crippen molar-refractivity contribution in [2.24, 2.45) is 0 Å².